The molecule has 2 saturated heterocycles. The third-order valence-corrected chi connectivity index (χ3v) is 10.1. The molecule has 4 aromatic carbocycles. The van der Waals surface area contributed by atoms with Gasteiger partial charge in [0.2, 0.25) is 0 Å². The highest BCUT2D eigenvalue weighted by Crippen LogP contribution is 2.28. The Hall–Kier alpha value is -5.23. The van der Waals surface area contributed by atoms with Crippen molar-refractivity contribution in [3.63, 3.8) is 0 Å². The monoisotopic (exact) mass is 748 g/mol. The van der Waals surface area contributed by atoms with Crippen LogP contribution in [0.2, 0.25) is 5.02 Å². The van der Waals surface area contributed by atoms with Crippen LogP contribution >= 0.6 is 11.6 Å². The van der Waals surface area contributed by atoms with Crippen LogP contribution in [0, 0.1) is 0 Å². The van der Waals surface area contributed by atoms with E-state index in [4.69, 9.17) is 26.1 Å². The molecule has 12 heteroatoms. The quantitative estimate of drug-likeness (QED) is 0.152. The molecule has 0 unspecified atom stereocenters. The van der Waals surface area contributed by atoms with Gasteiger partial charge >= 0.3 is 0 Å². The van der Waals surface area contributed by atoms with Crippen molar-refractivity contribution in [2.45, 2.75) is 26.5 Å². The topological polar surface area (TPSA) is 100 Å². The van der Waals surface area contributed by atoms with Crippen LogP contribution in [0.1, 0.15) is 30.0 Å². The van der Waals surface area contributed by atoms with Crippen LogP contribution in [0.4, 0.5) is 5.69 Å². The Morgan fingerprint density at radius 2 is 1.48 bits per heavy atom. The molecule has 54 heavy (non-hydrogen) atoms. The number of anilines is 1. The first kappa shape index (κ1) is 37.1. The maximum atomic E-state index is 14.4. The predicted octanol–water partition coefficient (Wildman–Crippen LogP) is 5.55. The smallest absolute Gasteiger partial charge is 0.266 e. The highest BCUT2D eigenvalue weighted by atomic mass is 35.5. The van der Waals surface area contributed by atoms with Crippen LogP contribution < -0.4 is 19.9 Å². The molecule has 7 rings (SSSR count). The van der Waals surface area contributed by atoms with Gasteiger partial charge in [0.15, 0.2) is 12.4 Å². The highest BCUT2D eigenvalue weighted by Gasteiger charge is 2.26. The molecule has 11 nitrogen and oxygen atoms in total. The summed E-state index contributed by atoms with van der Waals surface area (Å²) < 4.78 is 13.6. The molecule has 0 N–H and O–H groups in total. The molecule has 5 aromatic rings. The lowest BCUT2D eigenvalue weighted by Gasteiger charge is -2.35. The third-order valence-electron chi connectivity index (χ3n) is 9.86. The van der Waals surface area contributed by atoms with Gasteiger partial charge in [0.1, 0.15) is 17.3 Å². The van der Waals surface area contributed by atoms with E-state index in [1.165, 1.54) is 5.69 Å². The predicted molar refractivity (Wildman–Crippen MR) is 211 cm³/mol. The third kappa shape index (κ3) is 8.76. The van der Waals surface area contributed by atoms with Crippen LogP contribution in [0.5, 0.6) is 11.5 Å². The molecule has 1 aromatic heterocycles. The normalized spacial score (nSPS) is 15.5. The lowest BCUT2D eigenvalue weighted by atomic mass is 10.1. The van der Waals surface area contributed by atoms with Crippen LogP contribution in [0.15, 0.2) is 102 Å². The minimum Gasteiger partial charge on any atom is -0.489 e. The van der Waals surface area contributed by atoms with Gasteiger partial charge in [-0.1, -0.05) is 41.9 Å². The Bertz CT molecular complexity index is 2140. The number of Topliss-reactive ketones (excluding diaryl/α,β-unsaturated/α-hetero) is 1. The number of para-hydroxylation sites is 2. The maximum Gasteiger partial charge on any atom is 0.266 e. The number of fused-ring (bicyclic) bond motifs is 1. The standard InChI is InChI=1S/C42H45ClN6O5/c1-30(2)54-39-17-12-31(38(50)27-45-18-22-47(23-19-45)33-8-4-3-5-9-33)26-37(39)49-40(44-36-11-7-6-10-35(36)42(49)52)28-46-20-24-48(25-21-46)41(51)29-53-34-15-13-32(43)14-16-34/h3-17,26,30H,18-25,27-29H2,1-2H3. The first-order valence-electron chi connectivity index (χ1n) is 18.5. The van der Waals surface area contributed by atoms with E-state index in [-0.39, 0.29) is 36.5 Å². The van der Waals surface area contributed by atoms with Gasteiger partial charge in [-0.15, -0.1) is 0 Å². The van der Waals surface area contributed by atoms with Crippen molar-refractivity contribution in [1.82, 2.24) is 24.3 Å². The Morgan fingerprint density at radius 1 is 0.796 bits per heavy atom. The molecule has 280 valence electrons. The minimum atomic E-state index is -0.237. The molecule has 2 aliphatic rings. The summed E-state index contributed by atoms with van der Waals surface area (Å²) in [6.07, 6.45) is -0.173. The van der Waals surface area contributed by atoms with E-state index in [9.17, 15) is 14.4 Å². The van der Waals surface area contributed by atoms with Crippen molar-refractivity contribution in [3.05, 3.63) is 124 Å². The Kier molecular flexibility index (Phi) is 11.6. The second-order valence-corrected chi connectivity index (χ2v) is 14.4. The number of aromatic nitrogens is 2. The lowest BCUT2D eigenvalue weighted by molar-refractivity contribution is -0.135. The van der Waals surface area contributed by atoms with E-state index in [0.29, 0.717) is 77.2 Å². The zero-order valence-electron chi connectivity index (χ0n) is 30.7. The Morgan fingerprint density at radius 3 is 2.20 bits per heavy atom. The van der Waals surface area contributed by atoms with E-state index >= 15 is 0 Å². The van der Waals surface area contributed by atoms with Crippen molar-refractivity contribution in [1.29, 1.82) is 0 Å². The molecule has 3 heterocycles. The van der Waals surface area contributed by atoms with Crippen LogP contribution in [0.25, 0.3) is 16.6 Å². The molecule has 0 bridgehead atoms. The number of amides is 1. The summed E-state index contributed by atoms with van der Waals surface area (Å²) in [5.74, 6) is 1.49. The van der Waals surface area contributed by atoms with Crippen molar-refractivity contribution in [2.75, 3.05) is 70.4 Å². The second-order valence-electron chi connectivity index (χ2n) is 14.0. The zero-order valence-corrected chi connectivity index (χ0v) is 31.5. The highest BCUT2D eigenvalue weighted by molar-refractivity contribution is 6.30. The van der Waals surface area contributed by atoms with E-state index in [1.54, 1.807) is 58.0 Å². The molecule has 0 saturated carbocycles. The van der Waals surface area contributed by atoms with E-state index in [1.807, 2.05) is 50.2 Å². The number of halogens is 1. The second kappa shape index (κ2) is 16.8. The van der Waals surface area contributed by atoms with E-state index in [0.717, 1.165) is 26.2 Å². The van der Waals surface area contributed by atoms with Gasteiger partial charge in [0, 0.05) is 68.6 Å². The first-order chi connectivity index (χ1) is 26.2. The molecule has 0 radical (unpaired) electrons. The largest absolute Gasteiger partial charge is 0.489 e. The minimum absolute atomic E-state index is 0.0234. The number of hydrogen-bond donors (Lipinski definition) is 0. The summed E-state index contributed by atoms with van der Waals surface area (Å²) in [7, 11) is 0. The molecule has 2 aliphatic heterocycles. The molecule has 0 spiro atoms. The van der Waals surface area contributed by atoms with Gasteiger partial charge in [-0.05, 0) is 80.6 Å². The van der Waals surface area contributed by atoms with Crippen molar-refractivity contribution >= 4 is 39.9 Å². The average Bonchev–Trinajstić information content (AvgIpc) is 3.19. The number of ether oxygens (including phenoxy) is 2. The maximum absolute atomic E-state index is 14.4. The summed E-state index contributed by atoms with van der Waals surface area (Å²) in [6, 6.07) is 29.9. The first-order valence-corrected chi connectivity index (χ1v) is 18.9. The SMILES string of the molecule is CC(C)Oc1ccc(C(=O)CN2CCN(c3ccccc3)CC2)cc1-n1c(CN2CCN(C(=O)COc3ccc(Cl)cc3)CC2)nc2ccccc2c1=O. The number of nitrogens with zero attached hydrogens (tertiary/aromatic N) is 6. The van der Waals surface area contributed by atoms with Gasteiger partial charge in [-0.2, -0.15) is 0 Å². The summed E-state index contributed by atoms with van der Waals surface area (Å²) in [4.78, 5) is 54.8. The molecule has 0 aliphatic carbocycles. The van der Waals surface area contributed by atoms with Gasteiger partial charge in [-0.3, -0.25) is 28.8 Å². The fourth-order valence-electron chi connectivity index (χ4n) is 6.97. The number of rotatable bonds is 12. The van der Waals surface area contributed by atoms with Crippen molar-refractivity contribution in [2.24, 2.45) is 0 Å². The number of benzene rings is 4. The summed E-state index contributed by atoms with van der Waals surface area (Å²) in [5, 5.41) is 1.07. The van der Waals surface area contributed by atoms with Crippen molar-refractivity contribution in [3.8, 4) is 17.2 Å². The number of carbonyl (C=O) groups is 2. The van der Waals surface area contributed by atoms with Crippen LogP contribution in [-0.2, 0) is 11.3 Å². The lowest BCUT2D eigenvalue weighted by Crippen LogP contribution is -2.50. The van der Waals surface area contributed by atoms with Gasteiger partial charge < -0.3 is 19.3 Å². The van der Waals surface area contributed by atoms with E-state index in [2.05, 4.69) is 26.8 Å². The summed E-state index contributed by atoms with van der Waals surface area (Å²) in [6.45, 7) is 9.83. The molecule has 0 atom stereocenters. The number of hydrogen-bond acceptors (Lipinski definition) is 9. The zero-order chi connectivity index (χ0) is 37.6. The summed E-state index contributed by atoms with van der Waals surface area (Å²) >= 11 is 5.97. The number of ketones is 1. The molecular formula is C42H45ClN6O5. The number of piperazine rings is 2. The van der Waals surface area contributed by atoms with E-state index < -0.39 is 0 Å². The average molecular weight is 749 g/mol. The molecular weight excluding hydrogens is 704 g/mol. The number of carbonyl (C=O) groups excluding carboxylic acids is 2. The molecule has 2 fully saturated rings. The Balaban J connectivity index is 1.10. The fourth-order valence-corrected chi connectivity index (χ4v) is 7.10. The van der Waals surface area contributed by atoms with Gasteiger partial charge in [0.05, 0.1) is 35.8 Å². The van der Waals surface area contributed by atoms with Gasteiger partial charge in [0.25, 0.3) is 11.5 Å². The van der Waals surface area contributed by atoms with Crippen LogP contribution in [0.3, 0.4) is 0 Å². The van der Waals surface area contributed by atoms with Crippen molar-refractivity contribution < 1.29 is 19.1 Å². The Labute approximate surface area is 320 Å². The summed E-state index contributed by atoms with van der Waals surface area (Å²) in [5.41, 5.74) is 2.53. The van der Waals surface area contributed by atoms with Crippen LogP contribution in [-0.4, -0.2) is 108 Å². The van der Waals surface area contributed by atoms with Gasteiger partial charge in [-0.25, -0.2) is 4.98 Å². The molecule has 1 amide bonds. The fraction of sp³-hybridized carbons (Fsp3) is 0.333.